The molecule has 0 fully saturated rings. The standard InChI is InChI=1S/C14H18N2O2/c1-10(2)8-16-9-11(7-15-16)13-6-12(17)4-5-14(13)18-3/h4-7,9-10,17H,8H2,1-3H3. The van der Waals surface area contributed by atoms with Crippen LogP contribution in [0.25, 0.3) is 11.1 Å². The summed E-state index contributed by atoms with van der Waals surface area (Å²) in [5.41, 5.74) is 1.80. The van der Waals surface area contributed by atoms with Crippen molar-refractivity contribution < 1.29 is 9.84 Å². The number of methoxy groups -OCH3 is 1. The van der Waals surface area contributed by atoms with Crippen LogP contribution >= 0.6 is 0 Å². The normalized spacial score (nSPS) is 10.9. The van der Waals surface area contributed by atoms with Crippen LogP contribution in [0.15, 0.2) is 30.6 Å². The molecule has 18 heavy (non-hydrogen) atoms. The zero-order chi connectivity index (χ0) is 13.1. The van der Waals surface area contributed by atoms with Gasteiger partial charge in [-0.25, -0.2) is 0 Å². The lowest BCUT2D eigenvalue weighted by molar-refractivity contribution is 0.414. The molecule has 0 aliphatic rings. The van der Waals surface area contributed by atoms with Gasteiger partial charge in [0.1, 0.15) is 11.5 Å². The number of nitrogens with zero attached hydrogens (tertiary/aromatic N) is 2. The number of hydrogen-bond donors (Lipinski definition) is 1. The van der Waals surface area contributed by atoms with Crippen molar-refractivity contribution in [2.24, 2.45) is 5.92 Å². The largest absolute Gasteiger partial charge is 0.508 e. The molecule has 0 saturated heterocycles. The number of ether oxygens (including phenoxy) is 1. The first kappa shape index (κ1) is 12.5. The molecule has 0 saturated carbocycles. The minimum atomic E-state index is 0.224. The fraction of sp³-hybridized carbons (Fsp3) is 0.357. The molecule has 1 aromatic carbocycles. The molecule has 4 heteroatoms. The lowest BCUT2D eigenvalue weighted by atomic mass is 10.1. The average molecular weight is 246 g/mol. The van der Waals surface area contributed by atoms with Gasteiger partial charge in [-0.1, -0.05) is 13.8 Å². The number of benzene rings is 1. The van der Waals surface area contributed by atoms with E-state index in [9.17, 15) is 5.11 Å². The summed E-state index contributed by atoms with van der Waals surface area (Å²) in [5, 5.41) is 13.9. The van der Waals surface area contributed by atoms with Crippen molar-refractivity contribution >= 4 is 0 Å². The van der Waals surface area contributed by atoms with E-state index in [1.165, 1.54) is 0 Å². The third-order valence-electron chi connectivity index (χ3n) is 2.68. The molecule has 0 aliphatic carbocycles. The van der Waals surface area contributed by atoms with Gasteiger partial charge >= 0.3 is 0 Å². The Balaban J connectivity index is 2.36. The Morgan fingerprint density at radius 3 is 2.83 bits per heavy atom. The summed E-state index contributed by atoms with van der Waals surface area (Å²) in [6, 6.07) is 5.06. The summed E-state index contributed by atoms with van der Waals surface area (Å²) >= 11 is 0. The van der Waals surface area contributed by atoms with Crippen LogP contribution in [0.5, 0.6) is 11.5 Å². The Morgan fingerprint density at radius 1 is 1.39 bits per heavy atom. The van der Waals surface area contributed by atoms with Crippen molar-refractivity contribution in [2.75, 3.05) is 7.11 Å². The van der Waals surface area contributed by atoms with Crippen LogP contribution in [-0.2, 0) is 6.54 Å². The number of phenols is 1. The van der Waals surface area contributed by atoms with Gasteiger partial charge in [-0.05, 0) is 24.1 Å². The van der Waals surface area contributed by atoms with E-state index < -0.39 is 0 Å². The molecule has 1 N–H and O–H groups in total. The Bertz CT molecular complexity index is 532. The van der Waals surface area contributed by atoms with E-state index >= 15 is 0 Å². The van der Waals surface area contributed by atoms with Crippen LogP contribution in [0.2, 0.25) is 0 Å². The van der Waals surface area contributed by atoms with Crippen LogP contribution in [0.3, 0.4) is 0 Å². The SMILES string of the molecule is COc1ccc(O)cc1-c1cnn(CC(C)C)c1. The second kappa shape index (κ2) is 5.12. The fourth-order valence-electron chi connectivity index (χ4n) is 1.90. The van der Waals surface area contributed by atoms with Crippen LogP contribution in [0, 0.1) is 5.92 Å². The van der Waals surface area contributed by atoms with Crippen LogP contribution in [-0.4, -0.2) is 22.0 Å². The molecule has 0 atom stereocenters. The van der Waals surface area contributed by atoms with E-state index in [4.69, 9.17) is 4.74 Å². The van der Waals surface area contributed by atoms with Crippen molar-refractivity contribution in [1.29, 1.82) is 0 Å². The average Bonchev–Trinajstić information content (AvgIpc) is 2.76. The Morgan fingerprint density at radius 2 is 2.17 bits per heavy atom. The fourth-order valence-corrected chi connectivity index (χ4v) is 1.90. The Kier molecular flexibility index (Phi) is 3.55. The molecule has 2 rings (SSSR count). The second-order valence-electron chi connectivity index (χ2n) is 4.73. The summed E-state index contributed by atoms with van der Waals surface area (Å²) in [4.78, 5) is 0. The van der Waals surface area contributed by atoms with E-state index in [-0.39, 0.29) is 5.75 Å². The van der Waals surface area contributed by atoms with E-state index in [1.54, 1.807) is 31.5 Å². The van der Waals surface area contributed by atoms with Gasteiger partial charge in [-0.15, -0.1) is 0 Å². The highest BCUT2D eigenvalue weighted by molar-refractivity contribution is 5.70. The highest BCUT2D eigenvalue weighted by atomic mass is 16.5. The smallest absolute Gasteiger partial charge is 0.127 e. The Hall–Kier alpha value is -1.97. The summed E-state index contributed by atoms with van der Waals surface area (Å²) in [6.45, 7) is 5.17. The van der Waals surface area contributed by atoms with Crippen molar-refractivity contribution in [3.63, 3.8) is 0 Å². The lowest BCUT2D eigenvalue weighted by Crippen LogP contribution is -2.03. The predicted octanol–water partition coefficient (Wildman–Crippen LogP) is 2.92. The number of phenolic OH excluding ortho intramolecular Hbond substituents is 1. The molecule has 1 aromatic heterocycles. The van der Waals surface area contributed by atoms with E-state index in [0.29, 0.717) is 5.92 Å². The monoisotopic (exact) mass is 246 g/mol. The third kappa shape index (κ3) is 2.64. The summed E-state index contributed by atoms with van der Waals surface area (Å²) in [7, 11) is 1.62. The molecule has 0 aliphatic heterocycles. The first-order valence-electron chi connectivity index (χ1n) is 6.00. The molecule has 1 heterocycles. The first-order chi connectivity index (χ1) is 8.60. The topological polar surface area (TPSA) is 47.3 Å². The minimum Gasteiger partial charge on any atom is -0.508 e. The second-order valence-corrected chi connectivity index (χ2v) is 4.73. The van der Waals surface area contributed by atoms with Gasteiger partial charge in [0.25, 0.3) is 0 Å². The summed E-state index contributed by atoms with van der Waals surface area (Å²) in [6.07, 6.45) is 3.76. The quantitative estimate of drug-likeness (QED) is 0.902. The maximum Gasteiger partial charge on any atom is 0.127 e. The van der Waals surface area contributed by atoms with Crippen molar-refractivity contribution in [3.8, 4) is 22.6 Å². The Labute approximate surface area is 107 Å². The molecular weight excluding hydrogens is 228 g/mol. The van der Waals surface area contributed by atoms with E-state index in [2.05, 4.69) is 18.9 Å². The van der Waals surface area contributed by atoms with Crippen LogP contribution in [0.1, 0.15) is 13.8 Å². The van der Waals surface area contributed by atoms with Crippen molar-refractivity contribution in [2.45, 2.75) is 20.4 Å². The van der Waals surface area contributed by atoms with Gasteiger partial charge in [-0.3, -0.25) is 4.68 Å². The van der Waals surface area contributed by atoms with Crippen LogP contribution in [0.4, 0.5) is 0 Å². The highest BCUT2D eigenvalue weighted by Gasteiger charge is 2.09. The molecule has 0 amide bonds. The molecule has 0 bridgehead atoms. The molecule has 0 unspecified atom stereocenters. The number of aromatic hydroxyl groups is 1. The number of hydrogen-bond acceptors (Lipinski definition) is 3. The molecule has 2 aromatic rings. The molecule has 4 nitrogen and oxygen atoms in total. The zero-order valence-corrected chi connectivity index (χ0v) is 10.9. The van der Waals surface area contributed by atoms with E-state index in [1.807, 2.05) is 10.9 Å². The maximum atomic E-state index is 9.56. The molecule has 0 radical (unpaired) electrons. The van der Waals surface area contributed by atoms with Crippen LogP contribution < -0.4 is 4.74 Å². The van der Waals surface area contributed by atoms with Gasteiger partial charge in [0.05, 0.1) is 13.3 Å². The van der Waals surface area contributed by atoms with Gasteiger partial charge in [-0.2, -0.15) is 5.10 Å². The molecule has 0 spiro atoms. The summed E-state index contributed by atoms with van der Waals surface area (Å²) in [5.74, 6) is 1.50. The van der Waals surface area contributed by atoms with Crippen molar-refractivity contribution in [3.05, 3.63) is 30.6 Å². The van der Waals surface area contributed by atoms with Crippen molar-refractivity contribution in [1.82, 2.24) is 9.78 Å². The highest BCUT2D eigenvalue weighted by Crippen LogP contribution is 2.32. The first-order valence-corrected chi connectivity index (χ1v) is 6.00. The summed E-state index contributed by atoms with van der Waals surface area (Å²) < 4.78 is 7.20. The maximum absolute atomic E-state index is 9.56. The van der Waals surface area contributed by atoms with E-state index in [0.717, 1.165) is 23.4 Å². The van der Waals surface area contributed by atoms with Gasteiger partial charge in [0, 0.05) is 23.9 Å². The number of rotatable bonds is 4. The third-order valence-corrected chi connectivity index (χ3v) is 2.68. The number of aromatic nitrogens is 2. The molecular formula is C14H18N2O2. The van der Waals surface area contributed by atoms with Gasteiger partial charge in [0.2, 0.25) is 0 Å². The lowest BCUT2D eigenvalue weighted by Gasteiger charge is -2.07. The zero-order valence-electron chi connectivity index (χ0n) is 10.9. The predicted molar refractivity (Wildman–Crippen MR) is 70.7 cm³/mol. The molecule has 96 valence electrons. The van der Waals surface area contributed by atoms with Gasteiger partial charge < -0.3 is 9.84 Å². The van der Waals surface area contributed by atoms with Gasteiger partial charge in [0.15, 0.2) is 0 Å². The minimum absolute atomic E-state index is 0.224.